The zero-order chi connectivity index (χ0) is 11.3. The third-order valence-corrected chi connectivity index (χ3v) is 3.17. The number of nitrogens with one attached hydrogen (secondary N) is 1. The molecule has 0 unspecified atom stereocenters. The van der Waals surface area contributed by atoms with Gasteiger partial charge in [0, 0.05) is 35.8 Å². The van der Waals surface area contributed by atoms with Gasteiger partial charge in [-0.3, -0.25) is 4.79 Å². The summed E-state index contributed by atoms with van der Waals surface area (Å²) in [5, 5.41) is 2.28. The Balaban J connectivity index is 2.60. The highest BCUT2D eigenvalue weighted by Gasteiger charge is 2.06. The van der Waals surface area contributed by atoms with Gasteiger partial charge in [-0.15, -0.1) is 0 Å². The second-order valence-electron chi connectivity index (χ2n) is 4.13. The lowest BCUT2D eigenvalue weighted by atomic mass is 10.1. The van der Waals surface area contributed by atoms with Gasteiger partial charge in [-0.05, 0) is 25.1 Å². The highest BCUT2D eigenvalue weighted by molar-refractivity contribution is 6.07. The summed E-state index contributed by atoms with van der Waals surface area (Å²) in [6.45, 7) is 2.07. The predicted molar refractivity (Wildman–Crippen MR) is 65.8 cm³/mol. The van der Waals surface area contributed by atoms with Gasteiger partial charge in [0.1, 0.15) is 0 Å². The van der Waals surface area contributed by atoms with Gasteiger partial charge < -0.3 is 9.55 Å². The first-order valence-corrected chi connectivity index (χ1v) is 5.24. The minimum atomic E-state index is 0.0427. The molecule has 0 amide bonds. The molecule has 3 nitrogen and oxygen atoms in total. The van der Waals surface area contributed by atoms with Gasteiger partial charge in [-0.25, -0.2) is 0 Å². The van der Waals surface area contributed by atoms with E-state index in [4.69, 9.17) is 0 Å². The molecule has 3 aromatic rings. The molecule has 1 aromatic carbocycles. The van der Waals surface area contributed by atoms with Gasteiger partial charge in [0.15, 0.2) is 5.43 Å². The number of hydrogen-bond acceptors (Lipinski definition) is 1. The van der Waals surface area contributed by atoms with Crippen LogP contribution >= 0.6 is 0 Å². The number of pyridine rings is 1. The topological polar surface area (TPSA) is 37.8 Å². The van der Waals surface area contributed by atoms with Crippen molar-refractivity contribution in [3.05, 3.63) is 46.4 Å². The first kappa shape index (κ1) is 9.21. The molecule has 2 heterocycles. The zero-order valence-corrected chi connectivity index (χ0v) is 9.24. The molecule has 80 valence electrons. The van der Waals surface area contributed by atoms with Gasteiger partial charge in [0.25, 0.3) is 0 Å². The second-order valence-corrected chi connectivity index (χ2v) is 4.13. The first-order valence-electron chi connectivity index (χ1n) is 5.24. The Morgan fingerprint density at radius 3 is 2.81 bits per heavy atom. The molecule has 0 fully saturated rings. The maximum Gasteiger partial charge on any atom is 0.180 e. The summed E-state index contributed by atoms with van der Waals surface area (Å²) in [4.78, 5) is 14.6. The Bertz CT molecular complexity index is 750. The van der Waals surface area contributed by atoms with Crippen LogP contribution < -0.4 is 5.43 Å². The summed E-state index contributed by atoms with van der Waals surface area (Å²) in [6, 6.07) is 7.22. The fourth-order valence-electron chi connectivity index (χ4n) is 2.13. The van der Waals surface area contributed by atoms with E-state index >= 15 is 0 Å². The van der Waals surface area contributed by atoms with E-state index in [1.807, 2.05) is 19.3 Å². The lowest BCUT2D eigenvalue weighted by Gasteiger charge is -2.04. The van der Waals surface area contributed by atoms with Gasteiger partial charge in [-0.1, -0.05) is 0 Å². The molecule has 0 radical (unpaired) electrons. The molecule has 3 heteroatoms. The highest BCUT2D eigenvalue weighted by Crippen LogP contribution is 2.25. The molecule has 1 N–H and O–H groups in total. The van der Waals surface area contributed by atoms with Crippen LogP contribution in [-0.2, 0) is 7.05 Å². The maximum atomic E-state index is 11.3. The lowest BCUT2D eigenvalue weighted by Crippen LogP contribution is -1.95. The summed E-state index contributed by atoms with van der Waals surface area (Å²) in [5.74, 6) is 0. The highest BCUT2D eigenvalue weighted by atomic mass is 16.1. The monoisotopic (exact) mass is 212 g/mol. The van der Waals surface area contributed by atoms with E-state index in [1.54, 1.807) is 12.1 Å². The summed E-state index contributed by atoms with van der Waals surface area (Å²) in [7, 11) is 2.01. The van der Waals surface area contributed by atoms with E-state index in [-0.39, 0.29) is 5.43 Å². The zero-order valence-electron chi connectivity index (χ0n) is 9.24. The summed E-state index contributed by atoms with van der Waals surface area (Å²) in [6.07, 6.45) is 2.04. The number of nitrogens with zero attached hydrogens (tertiary/aromatic N) is 1. The van der Waals surface area contributed by atoms with E-state index < -0.39 is 0 Å². The molecular weight excluding hydrogens is 200 g/mol. The van der Waals surface area contributed by atoms with Crippen LogP contribution in [0.5, 0.6) is 0 Å². The van der Waals surface area contributed by atoms with Crippen LogP contribution in [0.3, 0.4) is 0 Å². The van der Waals surface area contributed by atoms with E-state index in [9.17, 15) is 4.79 Å². The molecular formula is C13H12N2O. The molecule has 2 aromatic heterocycles. The molecule has 0 atom stereocenters. The van der Waals surface area contributed by atoms with Crippen LogP contribution in [0, 0.1) is 6.92 Å². The fraction of sp³-hybridized carbons (Fsp3) is 0.154. The standard InChI is InChI=1S/C13H12N2O/c1-8-13-11(5-6-15(8)2)10-4-3-9(16)7-12(10)14-13/h3-7,14H,1-2H3. The number of aromatic nitrogens is 2. The van der Waals surface area contributed by atoms with Crippen LogP contribution in [0.15, 0.2) is 35.3 Å². The molecule has 0 spiro atoms. The Hall–Kier alpha value is -2.03. The molecule has 3 rings (SSSR count). The average molecular weight is 212 g/mol. The Labute approximate surface area is 92.3 Å². The number of fused-ring (bicyclic) bond motifs is 3. The van der Waals surface area contributed by atoms with Crippen molar-refractivity contribution in [1.29, 1.82) is 0 Å². The van der Waals surface area contributed by atoms with Gasteiger partial charge in [0.2, 0.25) is 0 Å². The Morgan fingerprint density at radius 2 is 2.00 bits per heavy atom. The van der Waals surface area contributed by atoms with Gasteiger partial charge >= 0.3 is 0 Å². The van der Waals surface area contributed by atoms with Crippen molar-refractivity contribution in [2.75, 3.05) is 0 Å². The largest absolute Gasteiger partial charge is 0.353 e. The molecule has 0 aliphatic rings. The normalized spacial score (nSPS) is 11.4. The predicted octanol–water partition coefficient (Wildman–Crippen LogP) is 2.33. The van der Waals surface area contributed by atoms with Crippen molar-refractivity contribution < 1.29 is 0 Å². The van der Waals surface area contributed by atoms with Crippen molar-refractivity contribution in [3.8, 4) is 0 Å². The minimum absolute atomic E-state index is 0.0427. The van der Waals surface area contributed by atoms with Gasteiger partial charge in [-0.2, -0.15) is 0 Å². The summed E-state index contributed by atoms with van der Waals surface area (Å²) < 4.78 is 2.07. The van der Waals surface area contributed by atoms with Crippen molar-refractivity contribution in [2.45, 2.75) is 6.92 Å². The number of hydrogen-bond donors (Lipinski definition) is 1. The van der Waals surface area contributed by atoms with E-state index in [1.165, 1.54) is 11.1 Å². The van der Waals surface area contributed by atoms with Crippen molar-refractivity contribution in [2.24, 2.45) is 7.05 Å². The lowest BCUT2D eigenvalue weighted by molar-refractivity contribution is 0.867. The molecule has 0 aliphatic carbocycles. The molecule has 0 saturated carbocycles. The third kappa shape index (κ3) is 1.11. The smallest absolute Gasteiger partial charge is 0.180 e. The fourth-order valence-corrected chi connectivity index (χ4v) is 2.13. The number of aryl methyl sites for hydroxylation is 2. The van der Waals surface area contributed by atoms with Crippen molar-refractivity contribution >= 4 is 21.8 Å². The Kier molecular flexibility index (Phi) is 1.72. The number of benzene rings is 1. The van der Waals surface area contributed by atoms with E-state index in [0.717, 1.165) is 16.4 Å². The number of aromatic amines is 1. The Morgan fingerprint density at radius 1 is 1.19 bits per heavy atom. The second kappa shape index (κ2) is 2.98. The molecule has 0 saturated heterocycles. The summed E-state index contributed by atoms with van der Waals surface area (Å²) >= 11 is 0. The summed E-state index contributed by atoms with van der Waals surface area (Å²) in [5.41, 5.74) is 3.23. The molecule has 0 aliphatic heterocycles. The first-order chi connectivity index (χ1) is 7.66. The van der Waals surface area contributed by atoms with Crippen LogP contribution in [0.2, 0.25) is 0 Å². The van der Waals surface area contributed by atoms with Crippen LogP contribution in [-0.4, -0.2) is 9.55 Å². The van der Waals surface area contributed by atoms with Crippen LogP contribution in [0.4, 0.5) is 0 Å². The van der Waals surface area contributed by atoms with Crippen LogP contribution in [0.25, 0.3) is 21.8 Å². The van der Waals surface area contributed by atoms with Crippen molar-refractivity contribution in [3.63, 3.8) is 0 Å². The van der Waals surface area contributed by atoms with Gasteiger partial charge in [0.05, 0.1) is 11.0 Å². The maximum absolute atomic E-state index is 11.3. The average Bonchev–Trinajstić information content (AvgIpc) is 2.62. The quantitative estimate of drug-likeness (QED) is 0.610. The third-order valence-electron chi connectivity index (χ3n) is 3.17. The number of H-pyrrole nitrogens is 1. The molecule has 16 heavy (non-hydrogen) atoms. The number of rotatable bonds is 0. The van der Waals surface area contributed by atoms with E-state index in [2.05, 4.69) is 22.5 Å². The molecule has 0 bridgehead atoms. The van der Waals surface area contributed by atoms with E-state index in [0.29, 0.717) is 0 Å². The van der Waals surface area contributed by atoms with Crippen LogP contribution in [0.1, 0.15) is 5.69 Å². The van der Waals surface area contributed by atoms with Crippen molar-refractivity contribution in [1.82, 2.24) is 9.55 Å². The minimum Gasteiger partial charge on any atom is -0.353 e. The SMILES string of the molecule is Cc1c2[nH]c3cc(=O)ccc3c2ccn1C.